The summed E-state index contributed by atoms with van der Waals surface area (Å²) in [6.07, 6.45) is 8.71. The van der Waals surface area contributed by atoms with Crippen LogP contribution in [0.4, 0.5) is 91.0 Å². The molecule has 0 amide bonds. The summed E-state index contributed by atoms with van der Waals surface area (Å²) in [5, 5.41) is 30.4. The molecular weight excluding hydrogens is 953 g/mol. The van der Waals surface area contributed by atoms with E-state index in [9.17, 15) is 0 Å². The zero-order valence-electron chi connectivity index (χ0n) is 42.9. The van der Waals surface area contributed by atoms with E-state index in [1.165, 1.54) is 0 Å². The molecule has 0 saturated heterocycles. The van der Waals surface area contributed by atoms with E-state index >= 15 is 0 Å². The van der Waals surface area contributed by atoms with E-state index in [4.69, 9.17) is 0 Å². The average molecular weight is 1010 g/mol. The Kier molecular flexibility index (Phi) is 15.6. The van der Waals surface area contributed by atoms with E-state index < -0.39 is 0 Å². The average Bonchev–Trinajstić information content (AvgIpc) is 3.55. The Bertz CT molecular complexity index is 3480. The van der Waals surface area contributed by atoms with Crippen molar-refractivity contribution in [2.45, 2.75) is 0 Å². The fraction of sp³-hybridized carbons (Fsp3) is 0. The van der Waals surface area contributed by atoms with Gasteiger partial charge in [-0.1, -0.05) is 194 Å². The summed E-state index contributed by atoms with van der Waals surface area (Å²) in [4.78, 5) is 0. The van der Waals surface area contributed by atoms with Crippen molar-refractivity contribution >= 4 is 115 Å². The molecule has 78 heavy (non-hydrogen) atoms. The van der Waals surface area contributed by atoms with Crippen LogP contribution in [0.3, 0.4) is 0 Å². The molecule has 378 valence electrons. The molecule has 0 spiro atoms. The third kappa shape index (κ3) is 12.8. The van der Waals surface area contributed by atoms with Crippen molar-refractivity contribution in [1.29, 1.82) is 0 Å². The predicted octanol–water partition coefficient (Wildman–Crippen LogP) is 20.0. The van der Waals surface area contributed by atoms with Gasteiger partial charge in [-0.25, -0.2) is 0 Å². The SMILES string of the molecule is C(=C\c1cc(Nc2ccccc2)c(Nc2ccccc2)c(Nc2ccccc2)c1Nc1ccccc1)/c1ccc(/C=C/c2cc(Nc3ccccc3)c(Nc3ccccc3)c(Nc3ccccc3)c2Nc2ccccc2)cc1. The Balaban J connectivity index is 0.995. The standard InChI is InChI=1S/C70H58N8/c1-9-25-55(26-10-1)71-63-49-53(65(73-57-29-13-3-14-30-57)69(77-61-37-21-7-22-38-61)67(63)75-59-33-17-5-18-34-59)47-45-51-41-43-52(44-42-51)46-48-54-50-64(72-56-27-11-2-12-28-56)68(76-60-35-19-6-20-36-60)70(78-62-39-23-8-24-40-62)66(54)74-58-31-15-4-16-32-58/h1-50,71-78H/b47-45+,48-46+. The summed E-state index contributed by atoms with van der Waals surface area (Å²) >= 11 is 0. The Morgan fingerprint density at radius 1 is 0.179 bits per heavy atom. The van der Waals surface area contributed by atoms with Gasteiger partial charge >= 0.3 is 0 Å². The second kappa shape index (κ2) is 24.6. The highest BCUT2D eigenvalue weighted by atomic mass is 15.1. The number of nitrogens with one attached hydrogen (secondary N) is 8. The van der Waals surface area contributed by atoms with Gasteiger partial charge in [-0.05, 0) is 120 Å². The van der Waals surface area contributed by atoms with Crippen LogP contribution in [0.2, 0.25) is 0 Å². The molecule has 0 fully saturated rings. The molecule has 0 aliphatic heterocycles. The molecule has 11 aromatic carbocycles. The van der Waals surface area contributed by atoms with E-state index in [-0.39, 0.29) is 0 Å². The molecule has 8 nitrogen and oxygen atoms in total. The van der Waals surface area contributed by atoms with Gasteiger partial charge in [0.1, 0.15) is 0 Å². The molecule has 0 aromatic heterocycles. The molecule has 11 rings (SSSR count). The van der Waals surface area contributed by atoms with E-state index in [1.54, 1.807) is 0 Å². The molecule has 0 unspecified atom stereocenters. The predicted molar refractivity (Wildman–Crippen MR) is 335 cm³/mol. The minimum atomic E-state index is 0.879. The van der Waals surface area contributed by atoms with E-state index in [0.717, 1.165) is 113 Å². The molecule has 8 N–H and O–H groups in total. The third-order valence-corrected chi connectivity index (χ3v) is 12.9. The summed E-state index contributed by atoms with van der Waals surface area (Å²) in [6.45, 7) is 0. The van der Waals surface area contributed by atoms with Gasteiger partial charge < -0.3 is 42.5 Å². The number of rotatable bonds is 20. The van der Waals surface area contributed by atoms with Crippen molar-refractivity contribution in [2.24, 2.45) is 0 Å². The fourth-order valence-corrected chi connectivity index (χ4v) is 9.09. The van der Waals surface area contributed by atoms with Crippen molar-refractivity contribution in [2.75, 3.05) is 42.5 Å². The molecule has 0 saturated carbocycles. The van der Waals surface area contributed by atoms with Gasteiger partial charge in [0.25, 0.3) is 0 Å². The first-order valence-corrected chi connectivity index (χ1v) is 26.1. The monoisotopic (exact) mass is 1010 g/mol. The maximum absolute atomic E-state index is 3.82. The molecular formula is C70H58N8. The van der Waals surface area contributed by atoms with Crippen molar-refractivity contribution in [3.63, 3.8) is 0 Å². The summed E-state index contributed by atoms with van der Waals surface area (Å²) in [6, 6.07) is 95.4. The third-order valence-electron chi connectivity index (χ3n) is 12.9. The van der Waals surface area contributed by atoms with Crippen LogP contribution >= 0.6 is 0 Å². The minimum absolute atomic E-state index is 0.879. The lowest BCUT2D eigenvalue weighted by Gasteiger charge is -2.25. The van der Waals surface area contributed by atoms with Crippen LogP contribution < -0.4 is 42.5 Å². The van der Waals surface area contributed by atoms with Crippen LogP contribution in [0.15, 0.2) is 279 Å². The van der Waals surface area contributed by atoms with Crippen molar-refractivity contribution in [3.05, 3.63) is 301 Å². The van der Waals surface area contributed by atoms with Gasteiger partial charge in [-0.3, -0.25) is 0 Å². The van der Waals surface area contributed by atoms with E-state index in [1.807, 2.05) is 146 Å². The van der Waals surface area contributed by atoms with Gasteiger partial charge in [0.05, 0.1) is 45.5 Å². The lowest BCUT2D eigenvalue weighted by molar-refractivity contribution is 1.44. The highest BCUT2D eigenvalue weighted by Gasteiger charge is 2.22. The molecule has 0 aliphatic carbocycles. The molecule has 0 bridgehead atoms. The van der Waals surface area contributed by atoms with E-state index in [0.29, 0.717) is 0 Å². The van der Waals surface area contributed by atoms with E-state index in [2.05, 4.69) is 200 Å². The second-order valence-corrected chi connectivity index (χ2v) is 18.5. The largest absolute Gasteiger partial charge is 0.354 e. The van der Waals surface area contributed by atoms with Crippen molar-refractivity contribution < 1.29 is 0 Å². The molecule has 11 aromatic rings. The van der Waals surface area contributed by atoms with Crippen LogP contribution in [0.5, 0.6) is 0 Å². The number of anilines is 16. The van der Waals surface area contributed by atoms with Gasteiger partial charge in [-0.2, -0.15) is 0 Å². The summed E-state index contributed by atoms with van der Waals surface area (Å²) < 4.78 is 0. The zero-order valence-corrected chi connectivity index (χ0v) is 42.9. The lowest BCUT2D eigenvalue weighted by atomic mass is 10.0. The molecule has 0 atom stereocenters. The molecule has 0 aliphatic rings. The second-order valence-electron chi connectivity index (χ2n) is 18.5. The van der Waals surface area contributed by atoms with Crippen molar-refractivity contribution in [1.82, 2.24) is 0 Å². The number of para-hydroxylation sites is 8. The first kappa shape index (κ1) is 49.5. The summed E-state index contributed by atoms with van der Waals surface area (Å²) in [5.41, 5.74) is 18.9. The lowest BCUT2D eigenvalue weighted by Crippen LogP contribution is -2.07. The number of benzene rings is 11. The minimum Gasteiger partial charge on any atom is -0.354 e. The maximum atomic E-state index is 3.82. The summed E-state index contributed by atoms with van der Waals surface area (Å²) in [7, 11) is 0. The normalized spacial score (nSPS) is 11.0. The van der Waals surface area contributed by atoms with Gasteiger partial charge in [0.2, 0.25) is 0 Å². The van der Waals surface area contributed by atoms with Crippen LogP contribution in [0, 0.1) is 0 Å². The smallest absolute Gasteiger partial charge is 0.0890 e. The van der Waals surface area contributed by atoms with Crippen LogP contribution in [0.25, 0.3) is 24.3 Å². The summed E-state index contributed by atoms with van der Waals surface area (Å²) in [5.74, 6) is 0. The number of hydrogen-bond acceptors (Lipinski definition) is 8. The topological polar surface area (TPSA) is 96.2 Å². The highest BCUT2D eigenvalue weighted by molar-refractivity contribution is 6.04. The van der Waals surface area contributed by atoms with Crippen LogP contribution in [-0.4, -0.2) is 0 Å². The highest BCUT2D eigenvalue weighted by Crippen LogP contribution is 2.48. The molecule has 0 heterocycles. The van der Waals surface area contributed by atoms with Crippen molar-refractivity contribution in [3.8, 4) is 0 Å². The molecule has 8 heteroatoms. The Morgan fingerprint density at radius 3 is 0.628 bits per heavy atom. The van der Waals surface area contributed by atoms with Gasteiger partial charge in [0, 0.05) is 56.6 Å². The zero-order chi connectivity index (χ0) is 52.6. The Labute approximate surface area is 456 Å². The Hall–Kier alpha value is -10.7. The Morgan fingerprint density at radius 2 is 0.385 bits per heavy atom. The quantitative estimate of drug-likeness (QED) is 0.0358. The van der Waals surface area contributed by atoms with Gasteiger partial charge in [-0.15, -0.1) is 0 Å². The maximum Gasteiger partial charge on any atom is 0.0890 e. The van der Waals surface area contributed by atoms with Crippen LogP contribution in [0.1, 0.15) is 22.3 Å². The van der Waals surface area contributed by atoms with Gasteiger partial charge in [0.15, 0.2) is 0 Å². The fourth-order valence-electron chi connectivity index (χ4n) is 9.09. The van der Waals surface area contributed by atoms with Crippen LogP contribution in [-0.2, 0) is 0 Å². The first-order chi connectivity index (χ1) is 38.6. The number of hydrogen-bond donors (Lipinski definition) is 8. The first-order valence-electron chi connectivity index (χ1n) is 26.1. The molecule has 0 radical (unpaired) electrons.